The van der Waals surface area contributed by atoms with Gasteiger partial charge in [-0.1, -0.05) is 29.3 Å². The van der Waals surface area contributed by atoms with Gasteiger partial charge in [-0.05, 0) is 43.4 Å². The minimum Gasteiger partial charge on any atom is -0.465 e. The molecule has 4 rings (SSSR count). The molecule has 3 fully saturated rings. The number of amides is 2. The Balaban J connectivity index is 1.57. The number of carboxylic acid groups (broad SMARTS) is 1. The van der Waals surface area contributed by atoms with Gasteiger partial charge in [0.05, 0.1) is 10.0 Å². The Morgan fingerprint density at radius 3 is 2.29 bits per heavy atom. The van der Waals surface area contributed by atoms with Crippen molar-refractivity contribution < 1.29 is 32.7 Å². The predicted octanol–water partition coefficient (Wildman–Crippen LogP) is 4.18. The number of likely N-dealkylation sites (N-methyl/N-ethyl adjacent to an activating group) is 1. The molecule has 12 heteroatoms. The summed E-state index contributed by atoms with van der Waals surface area (Å²) in [4.78, 5) is 40.9. The van der Waals surface area contributed by atoms with E-state index in [2.05, 4.69) is 5.32 Å². The number of benzene rings is 1. The van der Waals surface area contributed by atoms with Crippen LogP contribution in [0.1, 0.15) is 37.2 Å². The van der Waals surface area contributed by atoms with Crippen LogP contribution in [0.15, 0.2) is 18.2 Å². The molecule has 0 bridgehead atoms. The fraction of sp³-hybridized carbons (Fsp3) is 0.609. The number of ketones is 1. The molecule has 2 atom stereocenters. The Morgan fingerprint density at radius 2 is 1.77 bits per heavy atom. The van der Waals surface area contributed by atoms with Gasteiger partial charge in [-0.2, -0.15) is 13.2 Å². The topological polar surface area (TPSA) is 90.0 Å². The number of piperidine rings is 1. The van der Waals surface area contributed by atoms with E-state index in [1.807, 2.05) is 0 Å². The third-order valence-corrected chi connectivity index (χ3v) is 8.57. The quantitative estimate of drug-likeness (QED) is 0.590. The normalized spacial score (nSPS) is 26.5. The van der Waals surface area contributed by atoms with Crippen LogP contribution in [0.2, 0.25) is 10.0 Å². The summed E-state index contributed by atoms with van der Waals surface area (Å²) in [6, 6.07) is 4.91. The largest absolute Gasteiger partial charge is 0.465 e. The molecule has 192 valence electrons. The van der Waals surface area contributed by atoms with E-state index < -0.39 is 41.0 Å². The van der Waals surface area contributed by atoms with Crippen molar-refractivity contribution in [2.45, 2.75) is 43.3 Å². The Kier molecular flexibility index (Phi) is 6.78. The summed E-state index contributed by atoms with van der Waals surface area (Å²) in [7, 11) is 1.34. The van der Waals surface area contributed by atoms with Crippen molar-refractivity contribution in [2.75, 3.05) is 33.2 Å². The standard InChI is InChI=1S/C23H26Cl2F3N3O4/c1-30(20(34)35)22(12-29-11-15(22)14-2-3-16(24)17(25)10-14)18(32)13-4-8-31(9-5-13)19(33)21(6-7-21)23(26,27)28/h2-3,10,13,15,29H,4-9,11-12H2,1H3,(H,34,35)/t15-,22+/m0/s1. The molecule has 0 spiro atoms. The van der Waals surface area contributed by atoms with E-state index in [-0.39, 0.29) is 56.1 Å². The molecule has 2 amide bonds. The smallest absolute Gasteiger partial charge is 0.407 e. The lowest BCUT2D eigenvalue weighted by molar-refractivity contribution is -0.199. The lowest BCUT2D eigenvalue weighted by atomic mass is 9.72. The number of nitrogens with one attached hydrogen (secondary N) is 1. The van der Waals surface area contributed by atoms with E-state index in [1.165, 1.54) is 11.9 Å². The number of rotatable bonds is 5. The molecule has 2 saturated heterocycles. The maximum atomic E-state index is 14.0. The second-order valence-corrected chi connectivity index (χ2v) is 10.4. The molecule has 0 unspecified atom stereocenters. The van der Waals surface area contributed by atoms with Crippen LogP contribution in [0.3, 0.4) is 0 Å². The van der Waals surface area contributed by atoms with Crippen molar-refractivity contribution in [3.8, 4) is 0 Å². The van der Waals surface area contributed by atoms with E-state index in [0.29, 0.717) is 17.1 Å². The summed E-state index contributed by atoms with van der Waals surface area (Å²) in [6.45, 7) is 0.443. The monoisotopic (exact) mass is 535 g/mol. The Labute approximate surface area is 210 Å². The van der Waals surface area contributed by atoms with Crippen molar-refractivity contribution in [1.82, 2.24) is 15.1 Å². The van der Waals surface area contributed by atoms with Gasteiger partial charge in [0.2, 0.25) is 5.91 Å². The van der Waals surface area contributed by atoms with E-state index in [9.17, 15) is 32.7 Å². The summed E-state index contributed by atoms with van der Waals surface area (Å²) in [5.41, 5.74) is -3.08. The molecular weight excluding hydrogens is 510 g/mol. The van der Waals surface area contributed by atoms with Gasteiger partial charge < -0.3 is 15.3 Å². The molecule has 2 heterocycles. The number of hydrogen-bond donors (Lipinski definition) is 2. The van der Waals surface area contributed by atoms with E-state index in [0.717, 1.165) is 4.90 Å². The number of Topliss-reactive ketones (excluding diaryl/α,β-unsaturated/α-hetero) is 1. The Morgan fingerprint density at radius 1 is 1.14 bits per heavy atom. The van der Waals surface area contributed by atoms with Gasteiger partial charge in [-0.3, -0.25) is 14.5 Å². The van der Waals surface area contributed by atoms with Crippen LogP contribution in [0.4, 0.5) is 18.0 Å². The number of likely N-dealkylation sites (tertiary alicyclic amines) is 1. The second-order valence-electron chi connectivity index (χ2n) is 9.63. The summed E-state index contributed by atoms with van der Waals surface area (Å²) in [5.74, 6) is -2.39. The highest BCUT2D eigenvalue weighted by Gasteiger charge is 2.69. The van der Waals surface area contributed by atoms with Crippen LogP contribution >= 0.6 is 23.2 Å². The molecule has 1 aromatic rings. The third-order valence-electron chi connectivity index (χ3n) is 7.83. The van der Waals surface area contributed by atoms with E-state index in [1.54, 1.807) is 18.2 Å². The fourth-order valence-electron chi connectivity index (χ4n) is 5.51. The van der Waals surface area contributed by atoms with Crippen molar-refractivity contribution in [3.63, 3.8) is 0 Å². The van der Waals surface area contributed by atoms with Crippen LogP contribution in [-0.2, 0) is 9.59 Å². The first kappa shape index (κ1) is 26.0. The van der Waals surface area contributed by atoms with Gasteiger partial charge in [0, 0.05) is 45.1 Å². The molecule has 0 radical (unpaired) electrons. The van der Waals surface area contributed by atoms with Crippen LogP contribution < -0.4 is 5.32 Å². The summed E-state index contributed by atoms with van der Waals surface area (Å²) < 4.78 is 40.2. The third kappa shape index (κ3) is 4.27. The summed E-state index contributed by atoms with van der Waals surface area (Å²) in [5, 5.41) is 13.6. The maximum absolute atomic E-state index is 14.0. The lowest BCUT2D eigenvalue weighted by Gasteiger charge is -2.44. The molecular formula is C23H26Cl2F3N3O4. The maximum Gasteiger partial charge on any atom is 0.407 e. The number of carbonyl (C=O) groups is 3. The zero-order chi connectivity index (χ0) is 25.8. The van der Waals surface area contributed by atoms with Crippen molar-refractivity contribution >= 4 is 41.0 Å². The summed E-state index contributed by atoms with van der Waals surface area (Å²) in [6.07, 6.45) is -5.95. The molecule has 1 aromatic carbocycles. The molecule has 35 heavy (non-hydrogen) atoms. The average Bonchev–Trinajstić information content (AvgIpc) is 3.53. The molecule has 7 nitrogen and oxygen atoms in total. The number of hydrogen-bond acceptors (Lipinski definition) is 4. The predicted molar refractivity (Wildman–Crippen MR) is 123 cm³/mol. The zero-order valence-electron chi connectivity index (χ0n) is 19.0. The summed E-state index contributed by atoms with van der Waals surface area (Å²) >= 11 is 12.2. The fourth-order valence-corrected chi connectivity index (χ4v) is 5.82. The van der Waals surface area contributed by atoms with Gasteiger partial charge in [-0.15, -0.1) is 0 Å². The first-order chi connectivity index (χ1) is 16.3. The molecule has 2 N–H and O–H groups in total. The van der Waals surface area contributed by atoms with Gasteiger partial charge in [0.15, 0.2) is 5.78 Å². The SMILES string of the molecule is CN(C(=O)O)[C@]1(C(=O)C2CCN(C(=O)C3(C(F)(F)F)CC3)CC2)CNC[C@H]1c1ccc(Cl)c(Cl)c1. The Hall–Kier alpha value is -2.04. The highest BCUT2D eigenvalue weighted by atomic mass is 35.5. The number of halogens is 5. The first-order valence-electron chi connectivity index (χ1n) is 11.4. The second kappa shape index (κ2) is 9.12. The molecule has 1 saturated carbocycles. The van der Waals surface area contributed by atoms with Crippen LogP contribution in [-0.4, -0.2) is 77.6 Å². The van der Waals surface area contributed by atoms with Crippen LogP contribution in [0.5, 0.6) is 0 Å². The van der Waals surface area contributed by atoms with Gasteiger partial charge in [0.1, 0.15) is 11.0 Å². The van der Waals surface area contributed by atoms with Crippen molar-refractivity contribution in [3.05, 3.63) is 33.8 Å². The van der Waals surface area contributed by atoms with Crippen molar-refractivity contribution in [1.29, 1.82) is 0 Å². The van der Waals surface area contributed by atoms with E-state index >= 15 is 0 Å². The van der Waals surface area contributed by atoms with Crippen LogP contribution in [0.25, 0.3) is 0 Å². The van der Waals surface area contributed by atoms with Crippen molar-refractivity contribution in [2.24, 2.45) is 11.3 Å². The number of alkyl halides is 3. The van der Waals surface area contributed by atoms with E-state index in [4.69, 9.17) is 23.2 Å². The molecule has 3 aliphatic rings. The first-order valence-corrected chi connectivity index (χ1v) is 12.1. The Bertz CT molecular complexity index is 1040. The van der Waals surface area contributed by atoms with Crippen LogP contribution in [0, 0.1) is 11.3 Å². The highest BCUT2D eigenvalue weighted by Crippen LogP contribution is 2.59. The number of nitrogens with zero attached hydrogens (tertiary/aromatic N) is 2. The highest BCUT2D eigenvalue weighted by molar-refractivity contribution is 6.42. The van der Waals surface area contributed by atoms with Gasteiger partial charge >= 0.3 is 12.3 Å². The zero-order valence-corrected chi connectivity index (χ0v) is 20.5. The van der Waals surface area contributed by atoms with Gasteiger partial charge in [0.25, 0.3) is 0 Å². The molecule has 0 aromatic heterocycles. The minimum atomic E-state index is -4.59. The minimum absolute atomic E-state index is 0.0187. The molecule has 2 aliphatic heterocycles. The average molecular weight is 536 g/mol. The number of carbonyl (C=O) groups excluding carboxylic acids is 2. The molecule has 1 aliphatic carbocycles. The van der Waals surface area contributed by atoms with Gasteiger partial charge in [-0.25, -0.2) is 4.79 Å². The lowest BCUT2D eigenvalue weighted by Crippen LogP contribution is -2.62.